The van der Waals surface area contributed by atoms with Crippen molar-refractivity contribution in [2.75, 3.05) is 13.1 Å². The normalized spacial score (nSPS) is 17.9. The van der Waals surface area contributed by atoms with Crippen LogP contribution in [0, 0.1) is 11.7 Å². The molecule has 3 aromatic rings. The molecule has 0 aliphatic heterocycles. The highest BCUT2D eigenvalue weighted by molar-refractivity contribution is 7.20. The first-order valence-corrected chi connectivity index (χ1v) is 12.3. The third-order valence-electron chi connectivity index (χ3n) is 6.38. The Morgan fingerprint density at radius 3 is 2.26 bits per heavy atom. The molecule has 2 aromatic carbocycles. The van der Waals surface area contributed by atoms with Crippen molar-refractivity contribution in [1.29, 1.82) is 0 Å². The molecule has 178 valence electrons. The number of hydrogen-bond donors (Lipinski definition) is 3. The monoisotopic (exact) mass is 482 g/mol. The molecule has 0 bridgehead atoms. The minimum absolute atomic E-state index is 0.213. The fraction of sp³-hybridized carbons (Fsp3) is 0.346. The Balaban J connectivity index is 1.21. The SMILES string of the molecule is O=C(O)CC1CCC(c2ccc(C(=O)NCCNC(=O)c3cc4c(F)cccc4s3)cc2)CC1. The molecule has 0 saturated heterocycles. The van der Waals surface area contributed by atoms with Gasteiger partial charge in [-0.05, 0) is 73.4 Å². The number of rotatable bonds is 8. The molecule has 1 heterocycles. The smallest absolute Gasteiger partial charge is 0.303 e. The van der Waals surface area contributed by atoms with Crippen molar-refractivity contribution < 1.29 is 23.9 Å². The van der Waals surface area contributed by atoms with E-state index in [0.717, 1.165) is 30.4 Å². The van der Waals surface area contributed by atoms with Crippen molar-refractivity contribution in [3.63, 3.8) is 0 Å². The summed E-state index contributed by atoms with van der Waals surface area (Å²) in [5.41, 5.74) is 1.73. The second-order valence-corrected chi connectivity index (χ2v) is 9.80. The molecule has 1 saturated carbocycles. The second kappa shape index (κ2) is 10.8. The summed E-state index contributed by atoms with van der Waals surface area (Å²) < 4.78 is 14.5. The Morgan fingerprint density at radius 1 is 0.941 bits per heavy atom. The average Bonchev–Trinajstić information content (AvgIpc) is 3.28. The Labute approximate surface area is 201 Å². The molecule has 1 fully saturated rings. The van der Waals surface area contributed by atoms with Gasteiger partial charge in [0, 0.05) is 35.2 Å². The van der Waals surface area contributed by atoms with Crippen LogP contribution in [0.1, 0.15) is 63.6 Å². The zero-order chi connectivity index (χ0) is 24.1. The second-order valence-electron chi connectivity index (χ2n) is 8.71. The van der Waals surface area contributed by atoms with Crippen molar-refractivity contribution in [3.05, 3.63) is 70.4 Å². The number of thiophene rings is 1. The minimum Gasteiger partial charge on any atom is -0.481 e. The van der Waals surface area contributed by atoms with Crippen LogP contribution in [0.2, 0.25) is 0 Å². The Kier molecular flexibility index (Phi) is 7.57. The third kappa shape index (κ3) is 5.80. The number of carboxylic acid groups (broad SMARTS) is 1. The molecular formula is C26H27FN2O4S. The molecular weight excluding hydrogens is 455 g/mol. The predicted molar refractivity (Wildman–Crippen MR) is 130 cm³/mol. The van der Waals surface area contributed by atoms with Gasteiger partial charge < -0.3 is 15.7 Å². The molecule has 0 radical (unpaired) electrons. The van der Waals surface area contributed by atoms with E-state index in [1.807, 2.05) is 12.1 Å². The van der Waals surface area contributed by atoms with Gasteiger partial charge in [0.15, 0.2) is 0 Å². The molecule has 0 unspecified atom stereocenters. The zero-order valence-electron chi connectivity index (χ0n) is 18.7. The fourth-order valence-electron chi connectivity index (χ4n) is 4.53. The van der Waals surface area contributed by atoms with Crippen LogP contribution in [0.4, 0.5) is 4.39 Å². The topological polar surface area (TPSA) is 95.5 Å². The van der Waals surface area contributed by atoms with E-state index in [9.17, 15) is 18.8 Å². The molecule has 3 N–H and O–H groups in total. The van der Waals surface area contributed by atoms with Gasteiger partial charge in [0.1, 0.15) is 5.82 Å². The van der Waals surface area contributed by atoms with E-state index < -0.39 is 5.97 Å². The van der Waals surface area contributed by atoms with E-state index in [-0.39, 0.29) is 43.1 Å². The van der Waals surface area contributed by atoms with E-state index in [1.54, 1.807) is 30.3 Å². The van der Waals surface area contributed by atoms with Gasteiger partial charge in [-0.3, -0.25) is 14.4 Å². The van der Waals surface area contributed by atoms with Crippen molar-refractivity contribution in [2.24, 2.45) is 5.92 Å². The summed E-state index contributed by atoms with van der Waals surface area (Å²) in [5, 5.41) is 14.9. The van der Waals surface area contributed by atoms with Crippen molar-refractivity contribution in [3.8, 4) is 0 Å². The first-order valence-electron chi connectivity index (χ1n) is 11.5. The van der Waals surface area contributed by atoms with Gasteiger partial charge in [-0.15, -0.1) is 11.3 Å². The maximum atomic E-state index is 13.8. The molecule has 1 aliphatic rings. The van der Waals surface area contributed by atoms with Crippen LogP contribution in [0.5, 0.6) is 0 Å². The Bertz CT molecular complexity index is 1180. The van der Waals surface area contributed by atoms with Crippen LogP contribution in [0.3, 0.4) is 0 Å². The van der Waals surface area contributed by atoms with Gasteiger partial charge in [-0.2, -0.15) is 0 Å². The van der Waals surface area contributed by atoms with Crippen molar-refractivity contribution in [2.45, 2.75) is 38.0 Å². The quantitative estimate of drug-likeness (QED) is 0.396. The minimum atomic E-state index is -0.728. The number of hydrogen-bond acceptors (Lipinski definition) is 4. The first-order chi connectivity index (χ1) is 16.4. The van der Waals surface area contributed by atoms with Crippen LogP contribution in [0.15, 0.2) is 48.5 Å². The summed E-state index contributed by atoms with van der Waals surface area (Å²) in [6, 6.07) is 13.9. The number of fused-ring (bicyclic) bond motifs is 1. The highest BCUT2D eigenvalue weighted by Gasteiger charge is 2.24. The maximum Gasteiger partial charge on any atom is 0.303 e. The summed E-state index contributed by atoms with van der Waals surface area (Å²) >= 11 is 1.23. The van der Waals surface area contributed by atoms with E-state index in [2.05, 4.69) is 10.6 Å². The van der Waals surface area contributed by atoms with Crippen LogP contribution in [0.25, 0.3) is 10.1 Å². The van der Waals surface area contributed by atoms with Crippen LogP contribution >= 0.6 is 11.3 Å². The highest BCUT2D eigenvalue weighted by atomic mass is 32.1. The van der Waals surface area contributed by atoms with Crippen LogP contribution in [-0.4, -0.2) is 36.0 Å². The fourth-order valence-corrected chi connectivity index (χ4v) is 5.52. The van der Waals surface area contributed by atoms with E-state index >= 15 is 0 Å². The maximum absolute atomic E-state index is 13.8. The predicted octanol–water partition coefficient (Wildman–Crippen LogP) is 4.95. The lowest BCUT2D eigenvalue weighted by Crippen LogP contribution is -2.34. The van der Waals surface area contributed by atoms with Crippen LogP contribution < -0.4 is 10.6 Å². The molecule has 34 heavy (non-hydrogen) atoms. The summed E-state index contributed by atoms with van der Waals surface area (Å²) in [7, 11) is 0. The van der Waals surface area contributed by atoms with Gasteiger partial charge in [0.2, 0.25) is 0 Å². The lowest BCUT2D eigenvalue weighted by atomic mass is 9.77. The number of carbonyl (C=O) groups excluding carboxylic acids is 2. The summed E-state index contributed by atoms with van der Waals surface area (Å²) in [6.45, 7) is 0.540. The average molecular weight is 483 g/mol. The van der Waals surface area contributed by atoms with E-state index in [1.165, 1.54) is 23.0 Å². The van der Waals surface area contributed by atoms with Gasteiger partial charge >= 0.3 is 5.97 Å². The third-order valence-corrected chi connectivity index (χ3v) is 7.48. The van der Waals surface area contributed by atoms with E-state index in [0.29, 0.717) is 21.7 Å². The summed E-state index contributed by atoms with van der Waals surface area (Å²) in [4.78, 5) is 36.1. The van der Waals surface area contributed by atoms with Crippen molar-refractivity contribution in [1.82, 2.24) is 10.6 Å². The standard InChI is InChI=1S/C26H27FN2O4S/c27-21-2-1-3-22-20(21)15-23(34-22)26(33)29-13-12-28-25(32)19-10-8-18(9-11-19)17-6-4-16(5-7-17)14-24(30)31/h1-3,8-11,15-17H,4-7,12-14H2,(H,28,32)(H,29,33)(H,30,31). The Morgan fingerprint density at radius 2 is 1.62 bits per heavy atom. The number of carbonyl (C=O) groups is 3. The number of amides is 2. The molecule has 1 aliphatic carbocycles. The molecule has 0 spiro atoms. The lowest BCUT2D eigenvalue weighted by molar-refractivity contribution is -0.138. The van der Waals surface area contributed by atoms with Crippen LogP contribution in [-0.2, 0) is 4.79 Å². The zero-order valence-corrected chi connectivity index (χ0v) is 19.5. The number of benzene rings is 2. The largest absolute Gasteiger partial charge is 0.481 e. The molecule has 4 rings (SSSR count). The molecule has 0 atom stereocenters. The number of carboxylic acids is 1. The number of aliphatic carboxylic acids is 1. The van der Waals surface area contributed by atoms with Gasteiger partial charge in [0.05, 0.1) is 4.88 Å². The first kappa shape index (κ1) is 23.9. The highest BCUT2D eigenvalue weighted by Crippen LogP contribution is 2.37. The molecule has 6 nitrogen and oxygen atoms in total. The van der Waals surface area contributed by atoms with Gasteiger partial charge in [-0.25, -0.2) is 4.39 Å². The van der Waals surface area contributed by atoms with Gasteiger partial charge in [0.25, 0.3) is 11.8 Å². The number of nitrogens with one attached hydrogen (secondary N) is 2. The molecule has 8 heteroatoms. The van der Waals surface area contributed by atoms with Crippen molar-refractivity contribution >= 4 is 39.2 Å². The lowest BCUT2D eigenvalue weighted by Gasteiger charge is -2.28. The summed E-state index contributed by atoms with van der Waals surface area (Å²) in [5.74, 6) is -0.919. The number of halogens is 1. The summed E-state index contributed by atoms with van der Waals surface area (Å²) in [6.07, 6.45) is 4.02. The molecule has 2 amide bonds. The van der Waals surface area contributed by atoms with E-state index in [4.69, 9.17) is 5.11 Å². The molecule has 1 aromatic heterocycles. The van der Waals surface area contributed by atoms with Gasteiger partial charge in [-0.1, -0.05) is 18.2 Å². The Hall–Kier alpha value is -3.26.